The predicted molar refractivity (Wildman–Crippen MR) is 93.3 cm³/mol. The minimum absolute atomic E-state index is 0.0961. The summed E-state index contributed by atoms with van der Waals surface area (Å²) in [6, 6.07) is 8.79. The first-order valence-electron chi connectivity index (χ1n) is 8.77. The van der Waals surface area contributed by atoms with Crippen LogP contribution in [0.25, 0.3) is 0 Å². The standard InChI is InChI=1S/C19H29N3/c1-15-6-8-17(9-7-15)14-21-18-19(22-12-4-11-20-18)10-3-5-16(2)13-19/h6-9,16,22H,3-5,10-14H2,1-2H3,(H,20,21)/t16-,19-/m1/s1. The molecule has 1 aliphatic carbocycles. The Kier molecular flexibility index (Phi) is 4.82. The molecule has 0 unspecified atom stereocenters. The normalized spacial score (nSPS) is 29.0. The highest BCUT2D eigenvalue weighted by atomic mass is 15.1. The third kappa shape index (κ3) is 3.52. The van der Waals surface area contributed by atoms with Gasteiger partial charge >= 0.3 is 0 Å². The van der Waals surface area contributed by atoms with Gasteiger partial charge in [-0.15, -0.1) is 0 Å². The van der Waals surface area contributed by atoms with Crippen LogP contribution < -0.4 is 10.6 Å². The van der Waals surface area contributed by atoms with Gasteiger partial charge in [0.05, 0.1) is 5.54 Å². The molecule has 1 aromatic carbocycles. The smallest absolute Gasteiger partial charge is 0.117 e. The third-order valence-corrected chi connectivity index (χ3v) is 5.10. The second-order valence-electron chi connectivity index (χ2n) is 7.13. The summed E-state index contributed by atoms with van der Waals surface area (Å²) in [5.41, 5.74) is 2.74. The van der Waals surface area contributed by atoms with Gasteiger partial charge in [-0.1, -0.05) is 49.6 Å². The molecule has 2 aliphatic rings. The summed E-state index contributed by atoms with van der Waals surface area (Å²) in [6.07, 6.45) is 6.24. The highest BCUT2D eigenvalue weighted by Gasteiger charge is 2.39. The summed E-state index contributed by atoms with van der Waals surface area (Å²) in [6.45, 7) is 7.42. The summed E-state index contributed by atoms with van der Waals surface area (Å²) < 4.78 is 0. The molecule has 1 fully saturated rings. The molecule has 0 radical (unpaired) electrons. The van der Waals surface area contributed by atoms with Crippen LogP contribution in [0.1, 0.15) is 50.2 Å². The van der Waals surface area contributed by atoms with Crippen molar-refractivity contribution < 1.29 is 0 Å². The number of nitrogens with one attached hydrogen (secondary N) is 2. The first-order chi connectivity index (χ1) is 10.7. The Hall–Kier alpha value is -1.35. The Morgan fingerprint density at radius 2 is 2.09 bits per heavy atom. The predicted octanol–water partition coefficient (Wildman–Crippen LogP) is 3.43. The molecular formula is C19H29N3. The van der Waals surface area contributed by atoms with Gasteiger partial charge in [-0.05, 0) is 44.2 Å². The number of aliphatic imine (C=N–C) groups is 1. The van der Waals surface area contributed by atoms with E-state index in [4.69, 9.17) is 4.99 Å². The molecule has 3 nitrogen and oxygen atoms in total. The minimum atomic E-state index is 0.0961. The van der Waals surface area contributed by atoms with E-state index >= 15 is 0 Å². The zero-order valence-corrected chi connectivity index (χ0v) is 14.0. The fourth-order valence-electron chi connectivity index (χ4n) is 3.88. The van der Waals surface area contributed by atoms with Crippen LogP contribution >= 0.6 is 0 Å². The monoisotopic (exact) mass is 299 g/mol. The molecule has 120 valence electrons. The highest BCUT2D eigenvalue weighted by molar-refractivity contribution is 5.92. The maximum absolute atomic E-state index is 4.91. The van der Waals surface area contributed by atoms with E-state index in [-0.39, 0.29) is 5.54 Å². The quantitative estimate of drug-likeness (QED) is 0.878. The van der Waals surface area contributed by atoms with Crippen LogP contribution in [0, 0.1) is 12.8 Å². The molecule has 0 saturated heterocycles. The number of hydrogen-bond acceptors (Lipinski definition) is 3. The van der Waals surface area contributed by atoms with Crippen LogP contribution in [0.2, 0.25) is 0 Å². The number of amidine groups is 1. The van der Waals surface area contributed by atoms with Gasteiger partial charge in [-0.2, -0.15) is 0 Å². The molecule has 0 amide bonds. The van der Waals surface area contributed by atoms with Gasteiger partial charge in [0.1, 0.15) is 5.84 Å². The van der Waals surface area contributed by atoms with Crippen LogP contribution in [0.15, 0.2) is 29.3 Å². The van der Waals surface area contributed by atoms with Crippen molar-refractivity contribution in [1.82, 2.24) is 10.6 Å². The Balaban J connectivity index is 1.73. The molecule has 1 spiro atoms. The van der Waals surface area contributed by atoms with Gasteiger partial charge < -0.3 is 10.6 Å². The number of hydrogen-bond donors (Lipinski definition) is 2. The lowest BCUT2D eigenvalue weighted by molar-refractivity contribution is 0.251. The van der Waals surface area contributed by atoms with Gasteiger partial charge in [0, 0.05) is 13.1 Å². The Morgan fingerprint density at radius 3 is 2.86 bits per heavy atom. The maximum Gasteiger partial charge on any atom is 0.117 e. The van der Waals surface area contributed by atoms with Crippen molar-refractivity contribution in [3.05, 3.63) is 35.4 Å². The zero-order chi connectivity index (χ0) is 15.4. The average molecular weight is 299 g/mol. The number of nitrogens with zero attached hydrogens (tertiary/aromatic N) is 1. The lowest BCUT2D eigenvalue weighted by Gasteiger charge is -2.41. The number of aryl methyl sites for hydroxylation is 1. The molecule has 3 heteroatoms. The van der Waals surface area contributed by atoms with E-state index in [1.165, 1.54) is 42.6 Å². The molecular weight excluding hydrogens is 270 g/mol. The van der Waals surface area contributed by atoms with E-state index in [2.05, 4.69) is 48.7 Å². The van der Waals surface area contributed by atoms with E-state index in [1.54, 1.807) is 0 Å². The Labute approximate surface area is 134 Å². The second kappa shape index (κ2) is 6.82. The van der Waals surface area contributed by atoms with Gasteiger partial charge in [-0.3, -0.25) is 4.99 Å². The molecule has 2 N–H and O–H groups in total. The largest absolute Gasteiger partial charge is 0.368 e. The van der Waals surface area contributed by atoms with Crippen LogP contribution in [0.5, 0.6) is 0 Å². The van der Waals surface area contributed by atoms with Gasteiger partial charge in [0.15, 0.2) is 0 Å². The van der Waals surface area contributed by atoms with E-state index in [0.717, 1.165) is 32.0 Å². The Morgan fingerprint density at radius 1 is 1.27 bits per heavy atom. The van der Waals surface area contributed by atoms with Crippen molar-refractivity contribution in [2.45, 2.75) is 58.0 Å². The van der Waals surface area contributed by atoms with E-state index in [9.17, 15) is 0 Å². The maximum atomic E-state index is 4.91. The first kappa shape index (κ1) is 15.5. The molecule has 1 heterocycles. The van der Waals surface area contributed by atoms with Crippen LogP contribution in [-0.4, -0.2) is 24.5 Å². The first-order valence-corrected chi connectivity index (χ1v) is 8.77. The highest BCUT2D eigenvalue weighted by Crippen LogP contribution is 2.33. The lowest BCUT2D eigenvalue weighted by Crippen LogP contribution is -2.58. The van der Waals surface area contributed by atoms with Crippen molar-refractivity contribution in [2.75, 3.05) is 13.1 Å². The van der Waals surface area contributed by atoms with Crippen LogP contribution in [0.3, 0.4) is 0 Å². The van der Waals surface area contributed by atoms with E-state index in [1.807, 2.05) is 0 Å². The van der Waals surface area contributed by atoms with E-state index < -0.39 is 0 Å². The topological polar surface area (TPSA) is 36.4 Å². The van der Waals surface area contributed by atoms with Crippen molar-refractivity contribution in [1.29, 1.82) is 0 Å². The third-order valence-electron chi connectivity index (χ3n) is 5.10. The van der Waals surface area contributed by atoms with E-state index in [0.29, 0.717) is 0 Å². The van der Waals surface area contributed by atoms with Gasteiger partial charge in [0.2, 0.25) is 0 Å². The van der Waals surface area contributed by atoms with Crippen molar-refractivity contribution >= 4 is 5.84 Å². The molecule has 1 aromatic rings. The van der Waals surface area contributed by atoms with Crippen LogP contribution in [0.4, 0.5) is 0 Å². The fraction of sp³-hybridized carbons (Fsp3) is 0.632. The van der Waals surface area contributed by atoms with Crippen LogP contribution in [-0.2, 0) is 6.54 Å². The van der Waals surface area contributed by atoms with Gasteiger partial charge in [-0.25, -0.2) is 0 Å². The molecule has 0 aromatic heterocycles. The summed E-state index contributed by atoms with van der Waals surface area (Å²) in [4.78, 5) is 4.91. The summed E-state index contributed by atoms with van der Waals surface area (Å²) in [5, 5.41) is 7.50. The number of rotatable bonds is 2. The molecule has 0 bridgehead atoms. The fourth-order valence-corrected chi connectivity index (χ4v) is 3.88. The molecule has 2 atom stereocenters. The summed E-state index contributed by atoms with van der Waals surface area (Å²) in [7, 11) is 0. The van der Waals surface area contributed by atoms with Gasteiger partial charge in [0.25, 0.3) is 0 Å². The second-order valence-corrected chi connectivity index (χ2v) is 7.13. The summed E-state index contributed by atoms with van der Waals surface area (Å²) >= 11 is 0. The minimum Gasteiger partial charge on any atom is -0.368 e. The lowest BCUT2D eigenvalue weighted by atomic mass is 9.75. The molecule has 3 rings (SSSR count). The average Bonchev–Trinajstić information content (AvgIpc) is 2.69. The SMILES string of the molecule is Cc1ccc(CNC2=NCCCN[C@@]23CCC[C@@H](C)C3)cc1. The molecule has 1 aliphatic heterocycles. The molecule has 22 heavy (non-hydrogen) atoms. The number of benzene rings is 1. The Bertz CT molecular complexity index is 520. The zero-order valence-electron chi connectivity index (χ0n) is 14.0. The molecule has 1 saturated carbocycles. The summed E-state index contributed by atoms with van der Waals surface area (Å²) in [5.74, 6) is 1.99. The van der Waals surface area contributed by atoms with Crippen molar-refractivity contribution in [3.63, 3.8) is 0 Å². The van der Waals surface area contributed by atoms with Crippen molar-refractivity contribution in [3.8, 4) is 0 Å². The van der Waals surface area contributed by atoms with Crippen molar-refractivity contribution in [2.24, 2.45) is 10.9 Å².